The summed E-state index contributed by atoms with van der Waals surface area (Å²) in [6.45, 7) is 3.97. The van der Waals surface area contributed by atoms with E-state index in [1.54, 1.807) is 43.5 Å². The zero-order chi connectivity index (χ0) is 24.0. The monoisotopic (exact) mass is 472 g/mol. The van der Waals surface area contributed by atoms with Gasteiger partial charge in [-0.25, -0.2) is 13.1 Å². The van der Waals surface area contributed by atoms with E-state index >= 15 is 0 Å². The van der Waals surface area contributed by atoms with Gasteiger partial charge in [-0.05, 0) is 35.4 Å². The molecular formula is C23H28N4O5S. The number of hydrogen-bond acceptors (Lipinski definition) is 7. The van der Waals surface area contributed by atoms with Gasteiger partial charge < -0.3 is 14.6 Å². The number of sulfonamides is 1. The zero-order valence-corrected chi connectivity index (χ0v) is 19.8. The average molecular weight is 473 g/mol. The van der Waals surface area contributed by atoms with Crippen LogP contribution in [0.15, 0.2) is 53.1 Å². The van der Waals surface area contributed by atoms with Gasteiger partial charge in [-0.3, -0.25) is 4.79 Å². The SMILES string of the molecule is COc1ccc(C(CC(=O)Nc2ccc(Cc3noc(C(C)C)n3)cc2)NS(C)(=O)=O)cc1. The van der Waals surface area contributed by atoms with Crippen LogP contribution in [0, 0.1) is 0 Å². The molecule has 0 aliphatic heterocycles. The molecule has 0 spiro atoms. The third-order valence-electron chi connectivity index (χ3n) is 4.84. The van der Waals surface area contributed by atoms with E-state index in [-0.39, 0.29) is 18.2 Å². The van der Waals surface area contributed by atoms with Crippen LogP contribution in [0.2, 0.25) is 0 Å². The van der Waals surface area contributed by atoms with Crippen molar-refractivity contribution >= 4 is 21.6 Å². The van der Waals surface area contributed by atoms with E-state index in [0.29, 0.717) is 35.1 Å². The summed E-state index contributed by atoms with van der Waals surface area (Å²) in [5.41, 5.74) is 2.24. The van der Waals surface area contributed by atoms with Crippen molar-refractivity contribution in [2.45, 2.75) is 38.6 Å². The highest BCUT2D eigenvalue weighted by molar-refractivity contribution is 7.88. The lowest BCUT2D eigenvalue weighted by Gasteiger charge is -2.18. The zero-order valence-electron chi connectivity index (χ0n) is 19.0. The van der Waals surface area contributed by atoms with E-state index in [2.05, 4.69) is 20.2 Å². The van der Waals surface area contributed by atoms with Crippen LogP contribution in [0.1, 0.15) is 55.1 Å². The highest BCUT2D eigenvalue weighted by Gasteiger charge is 2.20. The minimum absolute atomic E-state index is 0.0675. The molecule has 0 saturated carbocycles. The Kier molecular flexibility index (Phi) is 7.83. The van der Waals surface area contributed by atoms with Crippen molar-refractivity contribution in [1.29, 1.82) is 0 Å². The number of methoxy groups -OCH3 is 1. The smallest absolute Gasteiger partial charge is 0.229 e. The van der Waals surface area contributed by atoms with Crippen LogP contribution in [-0.2, 0) is 21.2 Å². The molecule has 3 rings (SSSR count). The molecule has 176 valence electrons. The van der Waals surface area contributed by atoms with Gasteiger partial charge in [0.25, 0.3) is 0 Å². The molecule has 1 aromatic heterocycles. The van der Waals surface area contributed by atoms with Crippen LogP contribution >= 0.6 is 0 Å². The Balaban J connectivity index is 1.64. The highest BCUT2D eigenvalue weighted by Crippen LogP contribution is 2.22. The van der Waals surface area contributed by atoms with Gasteiger partial charge in [0.05, 0.1) is 19.4 Å². The van der Waals surface area contributed by atoms with Gasteiger partial charge in [-0.1, -0.05) is 43.3 Å². The van der Waals surface area contributed by atoms with E-state index in [1.165, 1.54) is 0 Å². The Hall–Kier alpha value is -3.24. The lowest BCUT2D eigenvalue weighted by atomic mass is 10.0. The molecule has 0 saturated heterocycles. The van der Waals surface area contributed by atoms with Crippen molar-refractivity contribution < 1.29 is 22.5 Å². The molecule has 10 heteroatoms. The molecule has 0 fully saturated rings. The fourth-order valence-electron chi connectivity index (χ4n) is 3.18. The topological polar surface area (TPSA) is 123 Å². The molecular weight excluding hydrogens is 444 g/mol. The summed E-state index contributed by atoms with van der Waals surface area (Å²) >= 11 is 0. The van der Waals surface area contributed by atoms with Crippen LogP contribution in [0.25, 0.3) is 0 Å². The van der Waals surface area contributed by atoms with Gasteiger partial charge in [-0.15, -0.1) is 0 Å². The van der Waals surface area contributed by atoms with Crippen LogP contribution in [0.5, 0.6) is 5.75 Å². The molecule has 0 aliphatic carbocycles. The van der Waals surface area contributed by atoms with E-state index < -0.39 is 16.1 Å². The molecule has 0 bridgehead atoms. The quantitative estimate of drug-likeness (QED) is 0.463. The van der Waals surface area contributed by atoms with Gasteiger partial charge in [0.1, 0.15) is 5.75 Å². The molecule has 1 atom stereocenters. The first kappa shape index (κ1) is 24.4. The van der Waals surface area contributed by atoms with E-state index in [4.69, 9.17) is 9.26 Å². The van der Waals surface area contributed by atoms with Crippen molar-refractivity contribution in [1.82, 2.24) is 14.9 Å². The molecule has 0 aliphatic rings. The second-order valence-corrected chi connectivity index (χ2v) is 9.83. The van der Waals surface area contributed by atoms with E-state index in [0.717, 1.165) is 11.8 Å². The number of anilines is 1. The third kappa shape index (κ3) is 7.40. The maximum Gasteiger partial charge on any atom is 0.229 e. The van der Waals surface area contributed by atoms with Crippen molar-refractivity contribution in [2.75, 3.05) is 18.7 Å². The first-order valence-electron chi connectivity index (χ1n) is 10.5. The summed E-state index contributed by atoms with van der Waals surface area (Å²) in [5, 5.41) is 6.80. The summed E-state index contributed by atoms with van der Waals surface area (Å²) in [7, 11) is -1.98. The first-order valence-corrected chi connectivity index (χ1v) is 12.3. The number of carbonyl (C=O) groups excluding carboxylic acids is 1. The molecule has 9 nitrogen and oxygen atoms in total. The number of carbonyl (C=O) groups is 1. The maximum absolute atomic E-state index is 12.6. The lowest BCUT2D eigenvalue weighted by Crippen LogP contribution is -2.30. The molecule has 33 heavy (non-hydrogen) atoms. The Labute approximate surface area is 193 Å². The number of aromatic nitrogens is 2. The molecule has 2 aromatic carbocycles. The van der Waals surface area contributed by atoms with Crippen molar-refractivity contribution in [3.05, 3.63) is 71.4 Å². The number of nitrogens with one attached hydrogen (secondary N) is 2. The maximum atomic E-state index is 12.6. The Bertz CT molecular complexity index is 1170. The van der Waals surface area contributed by atoms with Gasteiger partial charge in [0, 0.05) is 24.4 Å². The standard InChI is InChI=1S/C23H28N4O5S/c1-15(2)23-25-21(26-32-23)13-16-5-9-18(10-6-16)24-22(28)14-20(27-33(4,29)30)17-7-11-19(31-3)12-8-17/h5-12,15,20,27H,13-14H2,1-4H3,(H,24,28). The van der Waals surface area contributed by atoms with E-state index in [1.807, 2.05) is 26.0 Å². The molecule has 2 N–H and O–H groups in total. The average Bonchev–Trinajstić information content (AvgIpc) is 3.23. The lowest BCUT2D eigenvalue weighted by molar-refractivity contribution is -0.116. The van der Waals surface area contributed by atoms with Crippen LogP contribution in [0.4, 0.5) is 5.69 Å². The number of nitrogens with zero attached hydrogens (tertiary/aromatic N) is 2. The summed E-state index contributed by atoms with van der Waals surface area (Å²) < 4.78 is 36.5. The van der Waals surface area contributed by atoms with Crippen LogP contribution in [-0.4, -0.2) is 37.8 Å². The Morgan fingerprint density at radius 2 is 1.76 bits per heavy atom. The highest BCUT2D eigenvalue weighted by atomic mass is 32.2. The van der Waals surface area contributed by atoms with Gasteiger partial charge in [0.15, 0.2) is 5.82 Å². The Morgan fingerprint density at radius 3 is 2.30 bits per heavy atom. The number of ether oxygens (including phenoxy) is 1. The predicted molar refractivity (Wildman–Crippen MR) is 125 cm³/mol. The number of rotatable bonds is 10. The van der Waals surface area contributed by atoms with Gasteiger partial charge in [0.2, 0.25) is 21.8 Å². The second kappa shape index (κ2) is 10.6. The second-order valence-electron chi connectivity index (χ2n) is 8.05. The van der Waals surface area contributed by atoms with Crippen molar-refractivity contribution in [3.63, 3.8) is 0 Å². The number of benzene rings is 2. The van der Waals surface area contributed by atoms with Crippen LogP contribution in [0.3, 0.4) is 0 Å². The molecule has 1 amide bonds. The minimum atomic E-state index is -3.53. The summed E-state index contributed by atoms with van der Waals surface area (Å²) in [6, 6.07) is 13.5. The number of amides is 1. The van der Waals surface area contributed by atoms with Gasteiger partial charge >= 0.3 is 0 Å². The molecule has 0 radical (unpaired) electrons. The largest absolute Gasteiger partial charge is 0.497 e. The normalized spacial score (nSPS) is 12.5. The summed E-state index contributed by atoms with van der Waals surface area (Å²) in [6.07, 6.45) is 1.51. The molecule has 3 aromatic rings. The van der Waals surface area contributed by atoms with Crippen molar-refractivity contribution in [2.24, 2.45) is 0 Å². The molecule has 1 heterocycles. The number of hydrogen-bond donors (Lipinski definition) is 2. The fraction of sp³-hybridized carbons (Fsp3) is 0.348. The van der Waals surface area contributed by atoms with Gasteiger partial charge in [-0.2, -0.15) is 4.98 Å². The summed E-state index contributed by atoms with van der Waals surface area (Å²) in [4.78, 5) is 17.0. The van der Waals surface area contributed by atoms with Crippen LogP contribution < -0.4 is 14.8 Å². The van der Waals surface area contributed by atoms with E-state index in [9.17, 15) is 13.2 Å². The minimum Gasteiger partial charge on any atom is -0.497 e. The third-order valence-corrected chi connectivity index (χ3v) is 5.55. The Morgan fingerprint density at radius 1 is 1.09 bits per heavy atom. The predicted octanol–water partition coefficient (Wildman–Crippen LogP) is 3.41. The van der Waals surface area contributed by atoms with Crippen molar-refractivity contribution in [3.8, 4) is 5.75 Å². The summed E-state index contributed by atoms with van der Waals surface area (Å²) in [5.74, 6) is 1.69. The fourth-order valence-corrected chi connectivity index (χ4v) is 3.92. The molecule has 1 unspecified atom stereocenters. The first-order chi connectivity index (χ1) is 15.6.